The van der Waals surface area contributed by atoms with Gasteiger partial charge in [0.1, 0.15) is 6.04 Å². The van der Waals surface area contributed by atoms with Crippen LogP contribution in [0.2, 0.25) is 0 Å². The van der Waals surface area contributed by atoms with Gasteiger partial charge < -0.3 is 15.2 Å². The lowest BCUT2D eigenvalue weighted by molar-refractivity contribution is -0.141. The van der Waals surface area contributed by atoms with Crippen molar-refractivity contribution >= 4 is 23.6 Å². The maximum atomic E-state index is 10.8. The fourth-order valence-corrected chi connectivity index (χ4v) is 2.18. The summed E-state index contributed by atoms with van der Waals surface area (Å²) in [5, 5.41) is 11.6. The number of ether oxygens (including phenoxy) is 1. The van der Waals surface area contributed by atoms with E-state index < -0.39 is 12.0 Å². The van der Waals surface area contributed by atoms with Crippen LogP contribution in [0.3, 0.4) is 0 Å². The molecule has 0 bridgehead atoms. The number of carboxylic acid groups (broad SMARTS) is 1. The number of carbonyl (C=O) groups excluding carboxylic acids is 1. The zero-order chi connectivity index (χ0) is 12.6. The van der Waals surface area contributed by atoms with Crippen molar-refractivity contribution in [2.75, 3.05) is 19.5 Å². The molecule has 2 atom stereocenters. The molecule has 0 aromatic rings. The van der Waals surface area contributed by atoms with Crippen LogP contribution in [0.5, 0.6) is 0 Å². The molecule has 0 aliphatic rings. The summed E-state index contributed by atoms with van der Waals surface area (Å²) in [6, 6.07) is -0.792. The van der Waals surface area contributed by atoms with Crippen LogP contribution in [0.25, 0.3) is 0 Å². The fourth-order valence-electron chi connectivity index (χ4n) is 1.17. The SMILES string of the molecule is COCC(C)SCCC(NC(C)=O)C(=O)O. The van der Waals surface area contributed by atoms with Crippen molar-refractivity contribution in [1.82, 2.24) is 5.32 Å². The van der Waals surface area contributed by atoms with E-state index in [1.54, 1.807) is 18.9 Å². The van der Waals surface area contributed by atoms with Crippen molar-refractivity contribution in [3.05, 3.63) is 0 Å². The molecule has 0 spiro atoms. The average molecular weight is 249 g/mol. The number of carboxylic acids is 1. The van der Waals surface area contributed by atoms with Crippen molar-refractivity contribution in [3.8, 4) is 0 Å². The van der Waals surface area contributed by atoms with Crippen LogP contribution in [0.15, 0.2) is 0 Å². The Kier molecular flexibility index (Phi) is 8.01. The van der Waals surface area contributed by atoms with Crippen molar-refractivity contribution < 1.29 is 19.4 Å². The molecule has 1 amide bonds. The minimum Gasteiger partial charge on any atom is -0.480 e. The largest absolute Gasteiger partial charge is 0.480 e. The van der Waals surface area contributed by atoms with Gasteiger partial charge in [0.2, 0.25) is 5.91 Å². The molecule has 0 radical (unpaired) electrons. The number of nitrogens with one attached hydrogen (secondary N) is 1. The third-order valence-corrected chi connectivity index (χ3v) is 3.06. The topological polar surface area (TPSA) is 75.6 Å². The van der Waals surface area contributed by atoms with Crippen LogP contribution in [-0.2, 0) is 14.3 Å². The Morgan fingerprint density at radius 1 is 1.50 bits per heavy atom. The predicted octanol–water partition coefficient (Wildman–Crippen LogP) is 0.734. The Morgan fingerprint density at radius 2 is 2.12 bits per heavy atom. The van der Waals surface area contributed by atoms with Crippen LogP contribution in [-0.4, -0.2) is 47.7 Å². The van der Waals surface area contributed by atoms with Gasteiger partial charge in [-0.25, -0.2) is 4.79 Å². The van der Waals surface area contributed by atoms with Gasteiger partial charge in [-0.15, -0.1) is 0 Å². The molecule has 5 nitrogen and oxygen atoms in total. The molecule has 2 N–H and O–H groups in total. The number of carbonyl (C=O) groups is 2. The van der Waals surface area contributed by atoms with Crippen LogP contribution in [0, 0.1) is 0 Å². The van der Waals surface area contributed by atoms with E-state index in [2.05, 4.69) is 5.32 Å². The molecular weight excluding hydrogens is 230 g/mol. The Balaban J connectivity index is 3.84. The summed E-state index contributed by atoms with van der Waals surface area (Å²) in [5.74, 6) is -0.626. The second-order valence-electron chi connectivity index (χ2n) is 3.52. The van der Waals surface area contributed by atoms with E-state index >= 15 is 0 Å². The van der Waals surface area contributed by atoms with Crippen molar-refractivity contribution in [3.63, 3.8) is 0 Å². The molecule has 94 valence electrons. The standard InChI is InChI=1S/C10H19NO4S/c1-7(6-15-3)16-5-4-9(10(13)14)11-8(2)12/h7,9H,4-6H2,1-3H3,(H,11,12)(H,13,14). The minimum absolute atomic E-state index is 0.317. The van der Waals surface area contributed by atoms with E-state index in [4.69, 9.17) is 9.84 Å². The Bertz CT molecular complexity index is 235. The highest BCUT2D eigenvalue weighted by Crippen LogP contribution is 2.13. The molecule has 0 fully saturated rings. The van der Waals surface area contributed by atoms with Crippen LogP contribution in [0.4, 0.5) is 0 Å². The number of thioether (sulfide) groups is 1. The second kappa shape index (κ2) is 8.41. The Morgan fingerprint density at radius 3 is 2.56 bits per heavy atom. The molecule has 0 aromatic carbocycles. The number of hydrogen-bond acceptors (Lipinski definition) is 4. The molecule has 0 aliphatic carbocycles. The van der Waals surface area contributed by atoms with Gasteiger partial charge in [0.05, 0.1) is 6.61 Å². The summed E-state index contributed by atoms with van der Waals surface area (Å²) in [6.07, 6.45) is 0.424. The number of methoxy groups -OCH3 is 1. The summed E-state index contributed by atoms with van der Waals surface area (Å²) in [6.45, 7) is 3.97. The van der Waals surface area contributed by atoms with Gasteiger partial charge in [0.25, 0.3) is 0 Å². The first-order chi connectivity index (χ1) is 7.47. The summed E-state index contributed by atoms with van der Waals surface area (Å²) in [5.41, 5.74) is 0. The molecule has 0 aliphatic heterocycles. The number of hydrogen-bond donors (Lipinski definition) is 2. The summed E-state index contributed by atoms with van der Waals surface area (Å²) in [7, 11) is 1.63. The third-order valence-electron chi connectivity index (χ3n) is 1.89. The highest BCUT2D eigenvalue weighted by Gasteiger charge is 2.18. The first kappa shape index (κ1) is 15.2. The molecule has 0 heterocycles. The van der Waals surface area contributed by atoms with E-state index in [-0.39, 0.29) is 5.91 Å². The monoisotopic (exact) mass is 249 g/mol. The number of aliphatic carboxylic acids is 1. The first-order valence-corrected chi connectivity index (χ1v) is 6.12. The van der Waals surface area contributed by atoms with Gasteiger partial charge in [-0.1, -0.05) is 6.92 Å². The zero-order valence-electron chi connectivity index (χ0n) is 9.86. The normalized spacial score (nSPS) is 14.2. The Hall–Kier alpha value is -0.750. The molecular formula is C10H19NO4S. The van der Waals surface area contributed by atoms with E-state index in [0.29, 0.717) is 24.0 Å². The predicted molar refractivity (Wildman–Crippen MR) is 63.7 cm³/mol. The zero-order valence-corrected chi connectivity index (χ0v) is 10.7. The molecule has 0 rings (SSSR count). The molecule has 0 saturated carbocycles. The molecule has 6 heteroatoms. The van der Waals surface area contributed by atoms with Gasteiger partial charge >= 0.3 is 5.97 Å². The maximum absolute atomic E-state index is 10.8. The van der Waals surface area contributed by atoms with Crippen molar-refractivity contribution in [1.29, 1.82) is 0 Å². The van der Waals surface area contributed by atoms with Crippen LogP contribution in [0.1, 0.15) is 20.3 Å². The van der Waals surface area contributed by atoms with E-state index in [9.17, 15) is 9.59 Å². The van der Waals surface area contributed by atoms with Crippen LogP contribution >= 0.6 is 11.8 Å². The van der Waals surface area contributed by atoms with E-state index in [1.165, 1.54) is 6.92 Å². The molecule has 0 saturated heterocycles. The molecule has 2 unspecified atom stereocenters. The second-order valence-corrected chi connectivity index (χ2v) is 5.06. The first-order valence-electron chi connectivity index (χ1n) is 5.07. The Labute approximate surface area is 99.9 Å². The van der Waals surface area contributed by atoms with Gasteiger partial charge in [0.15, 0.2) is 0 Å². The lowest BCUT2D eigenvalue weighted by Crippen LogP contribution is -2.40. The van der Waals surface area contributed by atoms with E-state index in [1.807, 2.05) is 6.92 Å². The number of amides is 1. The van der Waals surface area contributed by atoms with Crippen LogP contribution < -0.4 is 5.32 Å². The summed E-state index contributed by atoms with van der Waals surface area (Å²) in [4.78, 5) is 21.5. The smallest absolute Gasteiger partial charge is 0.326 e. The highest BCUT2D eigenvalue weighted by atomic mass is 32.2. The molecule has 0 aromatic heterocycles. The lowest BCUT2D eigenvalue weighted by Gasteiger charge is -2.14. The lowest BCUT2D eigenvalue weighted by atomic mass is 10.2. The third kappa shape index (κ3) is 7.53. The van der Waals surface area contributed by atoms with Gasteiger partial charge in [0, 0.05) is 19.3 Å². The highest BCUT2D eigenvalue weighted by molar-refractivity contribution is 7.99. The van der Waals surface area contributed by atoms with Gasteiger partial charge in [-0.05, 0) is 12.2 Å². The minimum atomic E-state index is -0.991. The average Bonchev–Trinajstić information content (AvgIpc) is 2.15. The quantitative estimate of drug-likeness (QED) is 0.663. The summed E-state index contributed by atoms with van der Waals surface area (Å²) < 4.78 is 4.97. The number of rotatable bonds is 8. The van der Waals surface area contributed by atoms with Gasteiger partial charge in [-0.2, -0.15) is 11.8 Å². The van der Waals surface area contributed by atoms with Crippen molar-refractivity contribution in [2.45, 2.75) is 31.6 Å². The molecule has 16 heavy (non-hydrogen) atoms. The fraction of sp³-hybridized carbons (Fsp3) is 0.800. The summed E-state index contributed by atoms with van der Waals surface area (Å²) >= 11 is 1.63. The maximum Gasteiger partial charge on any atom is 0.326 e. The van der Waals surface area contributed by atoms with Gasteiger partial charge in [-0.3, -0.25) is 4.79 Å². The van der Waals surface area contributed by atoms with Crippen molar-refractivity contribution in [2.24, 2.45) is 0 Å². The van der Waals surface area contributed by atoms with E-state index in [0.717, 1.165) is 0 Å².